The molecule has 3 aliphatic rings. The molecular formula is C20H28N2O2. The van der Waals surface area contributed by atoms with Crippen LogP contribution in [0, 0.1) is 18.8 Å². The molecule has 4 heteroatoms. The molecule has 1 aromatic rings. The number of likely N-dealkylation sites (tertiary alicyclic amines) is 1. The van der Waals surface area contributed by atoms with Gasteiger partial charge in [-0.25, -0.2) is 0 Å². The lowest BCUT2D eigenvalue weighted by Crippen LogP contribution is -2.40. The third-order valence-corrected chi connectivity index (χ3v) is 6.15. The highest BCUT2D eigenvalue weighted by molar-refractivity contribution is 5.79. The van der Waals surface area contributed by atoms with E-state index in [1.54, 1.807) is 0 Å². The van der Waals surface area contributed by atoms with Crippen molar-refractivity contribution < 1.29 is 9.53 Å². The number of amides is 1. The summed E-state index contributed by atoms with van der Waals surface area (Å²) < 4.78 is 6.43. The number of nitrogens with zero attached hydrogens (tertiary/aromatic N) is 2. The van der Waals surface area contributed by atoms with Crippen molar-refractivity contribution in [3.63, 3.8) is 0 Å². The van der Waals surface area contributed by atoms with Gasteiger partial charge in [-0.3, -0.25) is 4.79 Å². The van der Waals surface area contributed by atoms with E-state index in [0.29, 0.717) is 24.4 Å². The van der Waals surface area contributed by atoms with Crippen LogP contribution in [0.15, 0.2) is 24.3 Å². The fourth-order valence-electron chi connectivity index (χ4n) is 5.15. The second kappa shape index (κ2) is 5.85. The van der Waals surface area contributed by atoms with Crippen molar-refractivity contribution in [2.75, 3.05) is 33.7 Å². The number of hydrogen-bond acceptors (Lipinski definition) is 3. The topological polar surface area (TPSA) is 32.8 Å². The molecule has 1 spiro atoms. The molecule has 2 bridgehead atoms. The van der Waals surface area contributed by atoms with Crippen molar-refractivity contribution in [3.05, 3.63) is 35.4 Å². The summed E-state index contributed by atoms with van der Waals surface area (Å²) in [5.74, 6) is 1.34. The quantitative estimate of drug-likeness (QED) is 0.849. The SMILES string of the molecule is Cc1cccc(CC(=O)N2C[C@@H]3[C@H](CN(C)C)[C@H]4CC[C@]3(C2)O4)c1. The summed E-state index contributed by atoms with van der Waals surface area (Å²) >= 11 is 0. The van der Waals surface area contributed by atoms with E-state index in [9.17, 15) is 4.79 Å². The predicted molar refractivity (Wildman–Crippen MR) is 93.8 cm³/mol. The molecule has 130 valence electrons. The summed E-state index contributed by atoms with van der Waals surface area (Å²) in [7, 11) is 4.27. The highest BCUT2D eigenvalue weighted by atomic mass is 16.5. The molecule has 1 amide bonds. The van der Waals surface area contributed by atoms with Crippen molar-refractivity contribution in [2.24, 2.45) is 11.8 Å². The molecule has 3 aliphatic heterocycles. The van der Waals surface area contributed by atoms with E-state index in [4.69, 9.17) is 4.74 Å². The van der Waals surface area contributed by atoms with Gasteiger partial charge in [0.15, 0.2) is 0 Å². The summed E-state index contributed by atoms with van der Waals surface area (Å²) in [5, 5.41) is 0. The number of carbonyl (C=O) groups excluding carboxylic acids is 1. The molecule has 0 aromatic heterocycles. The number of carbonyl (C=O) groups is 1. The molecule has 4 atom stereocenters. The maximum atomic E-state index is 12.8. The van der Waals surface area contributed by atoms with Gasteiger partial charge in [-0.2, -0.15) is 0 Å². The number of rotatable bonds is 4. The number of ether oxygens (including phenoxy) is 1. The Labute approximate surface area is 144 Å². The van der Waals surface area contributed by atoms with E-state index in [0.717, 1.165) is 38.0 Å². The molecule has 3 saturated heterocycles. The first-order valence-corrected chi connectivity index (χ1v) is 9.13. The van der Waals surface area contributed by atoms with Gasteiger partial charge < -0.3 is 14.5 Å². The van der Waals surface area contributed by atoms with Gasteiger partial charge >= 0.3 is 0 Å². The Morgan fingerprint density at radius 2 is 2.25 bits per heavy atom. The second-order valence-electron chi connectivity index (χ2n) is 8.23. The first-order chi connectivity index (χ1) is 11.5. The Balaban J connectivity index is 1.46. The van der Waals surface area contributed by atoms with Crippen LogP contribution in [0.25, 0.3) is 0 Å². The lowest BCUT2D eigenvalue weighted by Gasteiger charge is -2.30. The molecule has 0 unspecified atom stereocenters. The Morgan fingerprint density at radius 1 is 1.42 bits per heavy atom. The zero-order valence-corrected chi connectivity index (χ0v) is 15.0. The van der Waals surface area contributed by atoms with E-state index in [2.05, 4.69) is 49.0 Å². The molecule has 24 heavy (non-hydrogen) atoms. The minimum atomic E-state index is -0.0480. The van der Waals surface area contributed by atoms with Gasteiger partial charge in [-0.05, 0) is 39.4 Å². The monoisotopic (exact) mass is 328 g/mol. The summed E-state index contributed by atoms with van der Waals surface area (Å²) in [4.78, 5) is 17.1. The lowest BCUT2D eigenvalue weighted by atomic mass is 9.73. The molecular weight excluding hydrogens is 300 g/mol. The van der Waals surface area contributed by atoms with E-state index < -0.39 is 0 Å². The van der Waals surface area contributed by atoms with Crippen molar-refractivity contribution in [2.45, 2.75) is 37.9 Å². The number of fused-ring (bicyclic) bond motifs is 1. The fourth-order valence-corrected chi connectivity index (χ4v) is 5.15. The third-order valence-electron chi connectivity index (χ3n) is 6.15. The number of hydrogen-bond donors (Lipinski definition) is 0. The molecule has 0 radical (unpaired) electrons. The van der Waals surface area contributed by atoms with Gasteiger partial charge in [0.2, 0.25) is 5.91 Å². The van der Waals surface area contributed by atoms with Crippen LogP contribution >= 0.6 is 0 Å². The lowest BCUT2D eigenvalue weighted by molar-refractivity contribution is -0.131. The molecule has 0 N–H and O–H groups in total. The second-order valence-corrected chi connectivity index (χ2v) is 8.23. The highest BCUT2D eigenvalue weighted by Crippen LogP contribution is 2.54. The molecule has 4 rings (SSSR count). The van der Waals surface area contributed by atoms with Gasteiger partial charge in [-0.15, -0.1) is 0 Å². The molecule has 3 heterocycles. The third kappa shape index (κ3) is 2.66. The van der Waals surface area contributed by atoms with Crippen LogP contribution in [-0.2, 0) is 16.0 Å². The highest BCUT2D eigenvalue weighted by Gasteiger charge is 2.63. The van der Waals surface area contributed by atoms with Crippen molar-refractivity contribution in [1.82, 2.24) is 9.80 Å². The van der Waals surface area contributed by atoms with Gasteiger partial charge in [0.1, 0.15) is 0 Å². The largest absolute Gasteiger partial charge is 0.369 e. The zero-order valence-electron chi connectivity index (χ0n) is 15.0. The Hall–Kier alpha value is -1.39. The minimum absolute atomic E-state index is 0.0480. The van der Waals surface area contributed by atoms with E-state index >= 15 is 0 Å². The minimum Gasteiger partial charge on any atom is -0.369 e. The van der Waals surface area contributed by atoms with Crippen LogP contribution in [0.4, 0.5) is 0 Å². The van der Waals surface area contributed by atoms with Gasteiger partial charge in [0, 0.05) is 24.9 Å². The van der Waals surface area contributed by atoms with Crippen molar-refractivity contribution in [3.8, 4) is 0 Å². The Bertz CT molecular complexity index is 644. The van der Waals surface area contributed by atoms with E-state index in [1.807, 2.05) is 6.07 Å². The summed E-state index contributed by atoms with van der Waals surface area (Å²) in [6.07, 6.45) is 3.20. The van der Waals surface area contributed by atoms with Gasteiger partial charge in [0.25, 0.3) is 0 Å². The molecule has 0 saturated carbocycles. The summed E-state index contributed by atoms with van der Waals surface area (Å²) in [5.41, 5.74) is 2.28. The average Bonchev–Trinajstić information content (AvgIpc) is 3.16. The van der Waals surface area contributed by atoms with E-state index in [1.165, 1.54) is 5.56 Å². The van der Waals surface area contributed by atoms with Crippen molar-refractivity contribution >= 4 is 5.91 Å². The van der Waals surface area contributed by atoms with Gasteiger partial charge in [-0.1, -0.05) is 29.8 Å². The van der Waals surface area contributed by atoms with Gasteiger partial charge in [0.05, 0.1) is 24.7 Å². The van der Waals surface area contributed by atoms with Crippen LogP contribution < -0.4 is 0 Å². The smallest absolute Gasteiger partial charge is 0.227 e. The first kappa shape index (κ1) is 16.1. The number of aryl methyl sites for hydroxylation is 1. The maximum absolute atomic E-state index is 12.8. The van der Waals surface area contributed by atoms with Crippen LogP contribution in [0.3, 0.4) is 0 Å². The van der Waals surface area contributed by atoms with Crippen LogP contribution in [0.5, 0.6) is 0 Å². The van der Waals surface area contributed by atoms with Crippen LogP contribution in [0.2, 0.25) is 0 Å². The van der Waals surface area contributed by atoms with Crippen LogP contribution in [0.1, 0.15) is 24.0 Å². The maximum Gasteiger partial charge on any atom is 0.227 e. The van der Waals surface area contributed by atoms with E-state index in [-0.39, 0.29) is 11.5 Å². The normalized spacial score (nSPS) is 34.2. The number of benzene rings is 1. The fraction of sp³-hybridized carbons (Fsp3) is 0.650. The summed E-state index contributed by atoms with van der Waals surface area (Å²) in [6, 6.07) is 8.28. The standard InChI is InChI=1S/C20H28N2O2/c1-14-5-4-6-15(9-14)10-19(23)22-12-17-16(11-21(2)3)18-7-8-20(17,13-22)24-18/h4-6,9,16-18H,7-8,10-13H2,1-3H3/t16-,17+,18+,20+/m0/s1. The summed E-state index contributed by atoms with van der Waals surface area (Å²) in [6.45, 7) is 4.81. The Kier molecular flexibility index (Phi) is 3.92. The zero-order chi connectivity index (χ0) is 16.9. The van der Waals surface area contributed by atoms with Crippen molar-refractivity contribution in [1.29, 1.82) is 0 Å². The first-order valence-electron chi connectivity index (χ1n) is 9.13. The molecule has 0 aliphatic carbocycles. The molecule has 1 aromatic carbocycles. The van der Waals surface area contributed by atoms with Crippen LogP contribution in [-0.4, -0.2) is 61.1 Å². The molecule has 3 fully saturated rings. The average molecular weight is 328 g/mol. The predicted octanol–water partition coefficient (Wildman–Crippen LogP) is 2.11. The molecule has 4 nitrogen and oxygen atoms in total. The Morgan fingerprint density at radius 3 is 3.00 bits per heavy atom.